The molecule has 1 fully saturated rings. The fraction of sp³-hybridized carbons (Fsp3) is 0.636. The number of piperidine rings is 1. The molecule has 2 rings (SSSR count). The van der Waals surface area contributed by atoms with Gasteiger partial charge in [-0.3, -0.25) is 0 Å². The second-order valence-corrected chi connectivity index (χ2v) is 4.08. The van der Waals surface area contributed by atoms with Crippen LogP contribution in [-0.2, 0) is 6.42 Å². The van der Waals surface area contributed by atoms with Gasteiger partial charge in [0.2, 0.25) is 0 Å². The summed E-state index contributed by atoms with van der Waals surface area (Å²) in [6, 6.07) is 4.13. The molecule has 1 aliphatic rings. The van der Waals surface area contributed by atoms with Gasteiger partial charge in [0.05, 0.1) is 11.4 Å². The summed E-state index contributed by atoms with van der Waals surface area (Å²) >= 11 is 0. The third kappa shape index (κ3) is 2.51. The van der Waals surface area contributed by atoms with Gasteiger partial charge in [-0.2, -0.15) is 10.2 Å². The molecule has 3 nitrogen and oxygen atoms in total. The fourth-order valence-corrected chi connectivity index (χ4v) is 1.93. The first-order valence-corrected chi connectivity index (χ1v) is 5.34. The summed E-state index contributed by atoms with van der Waals surface area (Å²) in [5.41, 5.74) is 2.12. The normalized spacial score (nSPS) is 22.2. The van der Waals surface area contributed by atoms with Crippen molar-refractivity contribution in [2.24, 2.45) is 5.92 Å². The maximum atomic E-state index is 4.19. The van der Waals surface area contributed by atoms with Crippen molar-refractivity contribution in [3.63, 3.8) is 0 Å². The van der Waals surface area contributed by atoms with Crippen LogP contribution in [0.5, 0.6) is 0 Å². The van der Waals surface area contributed by atoms with Crippen LogP contribution in [0.2, 0.25) is 0 Å². The predicted molar refractivity (Wildman–Crippen MR) is 56.1 cm³/mol. The van der Waals surface area contributed by atoms with E-state index in [0.717, 1.165) is 30.3 Å². The molecule has 76 valence electrons. The van der Waals surface area contributed by atoms with Crippen molar-refractivity contribution in [3.8, 4) is 0 Å². The Morgan fingerprint density at radius 1 is 1.43 bits per heavy atom. The van der Waals surface area contributed by atoms with Crippen molar-refractivity contribution in [2.75, 3.05) is 13.1 Å². The van der Waals surface area contributed by atoms with E-state index >= 15 is 0 Å². The van der Waals surface area contributed by atoms with Crippen LogP contribution in [0.4, 0.5) is 0 Å². The Bertz CT molecular complexity index is 275. The first-order chi connectivity index (χ1) is 6.84. The average molecular weight is 191 g/mol. The van der Waals surface area contributed by atoms with Gasteiger partial charge in [0.1, 0.15) is 0 Å². The highest BCUT2D eigenvalue weighted by Crippen LogP contribution is 2.14. The predicted octanol–water partition coefficient (Wildman–Crippen LogP) is 1.33. The Morgan fingerprint density at radius 3 is 3.00 bits per heavy atom. The van der Waals surface area contributed by atoms with E-state index in [1.165, 1.54) is 19.4 Å². The minimum atomic E-state index is 0.751. The minimum Gasteiger partial charge on any atom is -0.316 e. The smallest absolute Gasteiger partial charge is 0.0634 e. The maximum Gasteiger partial charge on any atom is 0.0634 e. The topological polar surface area (TPSA) is 37.8 Å². The van der Waals surface area contributed by atoms with E-state index in [1.807, 2.05) is 13.0 Å². The van der Waals surface area contributed by atoms with E-state index in [2.05, 4.69) is 21.6 Å². The average Bonchev–Trinajstić information content (AvgIpc) is 2.23. The summed E-state index contributed by atoms with van der Waals surface area (Å²) < 4.78 is 0. The molecule has 2 heterocycles. The van der Waals surface area contributed by atoms with Crippen molar-refractivity contribution in [2.45, 2.75) is 26.2 Å². The van der Waals surface area contributed by atoms with Crippen molar-refractivity contribution in [3.05, 3.63) is 23.5 Å². The molecule has 3 heteroatoms. The van der Waals surface area contributed by atoms with Crippen molar-refractivity contribution in [1.82, 2.24) is 15.5 Å². The molecule has 1 aromatic rings. The molecule has 0 bridgehead atoms. The molecule has 0 saturated carbocycles. The number of hydrogen-bond donors (Lipinski definition) is 1. The van der Waals surface area contributed by atoms with Gasteiger partial charge in [-0.15, -0.1) is 0 Å². The Balaban J connectivity index is 1.92. The summed E-state index contributed by atoms with van der Waals surface area (Å²) in [6.45, 7) is 4.28. The van der Waals surface area contributed by atoms with E-state index in [1.54, 1.807) is 0 Å². The molecular weight excluding hydrogens is 174 g/mol. The lowest BCUT2D eigenvalue weighted by Crippen LogP contribution is -2.31. The minimum absolute atomic E-state index is 0.751. The molecule has 0 aromatic carbocycles. The lowest BCUT2D eigenvalue weighted by molar-refractivity contribution is 0.372. The monoisotopic (exact) mass is 191 g/mol. The number of hydrogen-bond acceptors (Lipinski definition) is 3. The van der Waals surface area contributed by atoms with E-state index in [0.29, 0.717) is 0 Å². The SMILES string of the molecule is Cc1ccc(CC2CCCNC2)nn1. The summed E-state index contributed by atoms with van der Waals surface area (Å²) in [5.74, 6) is 0.751. The molecular formula is C11H17N3. The lowest BCUT2D eigenvalue weighted by atomic mass is 9.95. The summed E-state index contributed by atoms with van der Waals surface area (Å²) in [6.07, 6.45) is 3.69. The number of aryl methyl sites for hydroxylation is 1. The molecule has 1 unspecified atom stereocenters. The summed E-state index contributed by atoms with van der Waals surface area (Å²) in [7, 11) is 0. The van der Waals surface area contributed by atoms with Crippen LogP contribution in [0, 0.1) is 12.8 Å². The second-order valence-electron chi connectivity index (χ2n) is 4.08. The lowest BCUT2D eigenvalue weighted by Gasteiger charge is -2.21. The molecule has 1 atom stereocenters. The number of nitrogens with one attached hydrogen (secondary N) is 1. The molecule has 14 heavy (non-hydrogen) atoms. The Hall–Kier alpha value is -0.960. The van der Waals surface area contributed by atoms with Crippen LogP contribution in [0.25, 0.3) is 0 Å². The van der Waals surface area contributed by atoms with E-state index < -0.39 is 0 Å². The van der Waals surface area contributed by atoms with Gasteiger partial charge in [0.15, 0.2) is 0 Å². The van der Waals surface area contributed by atoms with Crippen LogP contribution >= 0.6 is 0 Å². The zero-order valence-electron chi connectivity index (χ0n) is 8.66. The molecule has 0 spiro atoms. The molecule has 1 aliphatic heterocycles. The Morgan fingerprint density at radius 2 is 2.36 bits per heavy atom. The van der Waals surface area contributed by atoms with Crippen molar-refractivity contribution < 1.29 is 0 Å². The van der Waals surface area contributed by atoms with Gasteiger partial charge in [-0.1, -0.05) is 0 Å². The zero-order valence-corrected chi connectivity index (χ0v) is 8.66. The molecule has 1 N–H and O–H groups in total. The maximum absolute atomic E-state index is 4.19. The molecule has 1 aromatic heterocycles. The van der Waals surface area contributed by atoms with Gasteiger partial charge < -0.3 is 5.32 Å². The highest BCUT2D eigenvalue weighted by Gasteiger charge is 2.13. The highest BCUT2D eigenvalue weighted by atomic mass is 15.1. The Labute approximate surface area is 84.9 Å². The van der Waals surface area contributed by atoms with Crippen molar-refractivity contribution in [1.29, 1.82) is 0 Å². The van der Waals surface area contributed by atoms with Crippen molar-refractivity contribution >= 4 is 0 Å². The van der Waals surface area contributed by atoms with Gasteiger partial charge in [0, 0.05) is 0 Å². The van der Waals surface area contributed by atoms with E-state index in [-0.39, 0.29) is 0 Å². The largest absolute Gasteiger partial charge is 0.316 e. The standard InChI is InChI=1S/C11H17N3/c1-9-4-5-11(14-13-9)7-10-3-2-6-12-8-10/h4-5,10,12H,2-3,6-8H2,1H3. The quantitative estimate of drug-likeness (QED) is 0.766. The molecule has 0 radical (unpaired) electrons. The second kappa shape index (κ2) is 4.51. The first-order valence-electron chi connectivity index (χ1n) is 5.34. The van der Waals surface area contributed by atoms with Crippen LogP contribution in [-0.4, -0.2) is 23.3 Å². The van der Waals surface area contributed by atoms with E-state index in [9.17, 15) is 0 Å². The molecule has 0 amide bonds. The number of nitrogens with zero attached hydrogens (tertiary/aromatic N) is 2. The van der Waals surface area contributed by atoms with E-state index in [4.69, 9.17) is 0 Å². The van der Waals surface area contributed by atoms with Gasteiger partial charge in [-0.25, -0.2) is 0 Å². The zero-order chi connectivity index (χ0) is 9.80. The van der Waals surface area contributed by atoms with Crippen LogP contribution in [0.3, 0.4) is 0 Å². The third-order valence-electron chi connectivity index (χ3n) is 2.75. The van der Waals surface area contributed by atoms with Gasteiger partial charge >= 0.3 is 0 Å². The number of rotatable bonds is 2. The van der Waals surface area contributed by atoms with Crippen LogP contribution in [0.1, 0.15) is 24.2 Å². The van der Waals surface area contributed by atoms with Crippen LogP contribution in [0.15, 0.2) is 12.1 Å². The van der Waals surface area contributed by atoms with Gasteiger partial charge in [-0.05, 0) is 57.3 Å². The molecule has 0 aliphatic carbocycles. The third-order valence-corrected chi connectivity index (χ3v) is 2.75. The first kappa shape index (κ1) is 9.59. The van der Waals surface area contributed by atoms with Crippen LogP contribution < -0.4 is 5.32 Å². The molecule has 1 saturated heterocycles. The highest BCUT2D eigenvalue weighted by molar-refractivity contribution is 5.06. The summed E-state index contributed by atoms with van der Waals surface area (Å²) in [4.78, 5) is 0. The Kier molecular flexibility index (Phi) is 3.09. The van der Waals surface area contributed by atoms with Gasteiger partial charge in [0.25, 0.3) is 0 Å². The summed E-state index contributed by atoms with van der Waals surface area (Å²) in [5, 5.41) is 11.7. The number of aromatic nitrogens is 2. The fourth-order valence-electron chi connectivity index (χ4n) is 1.93.